The fourth-order valence-corrected chi connectivity index (χ4v) is 3.31. The first kappa shape index (κ1) is 20.7. The van der Waals surface area contributed by atoms with Crippen molar-refractivity contribution >= 4 is 39.2 Å². The second-order valence-corrected chi connectivity index (χ2v) is 7.76. The third-order valence-corrected chi connectivity index (χ3v) is 5.26. The molecule has 0 heterocycles. The van der Waals surface area contributed by atoms with Crippen molar-refractivity contribution in [2.75, 3.05) is 11.9 Å². The Morgan fingerprint density at radius 2 is 1.70 bits per heavy atom. The van der Waals surface area contributed by atoms with E-state index >= 15 is 0 Å². The molecular formula is C18H20ClN3O4S. The van der Waals surface area contributed by atoms with E-state index in [1.54, 1.807) is 24.3 Å². The van der Waals surface area contributed by atoms with Crippen LogP contribution in [0, 0.1) is 0 Å². The van der Waals surface area contributed by atoms with E-state index in [4.69, 9.17) is 11.6 Å². The zero-order chi connectivity index (χ0) is 19.9. The van der Waals surface area contributed by atoms with Crippen molar-refractivity contribution in [1.82, 2.24) is 10.0 Å². The summed E-state index contributed by atoms with van der Waals surface area (Å²) in [6.45, 7) is 2.35. The molecule has 0 saturated heterocycles. The van der Waals surface area contributed by atoms with E-state index in [0.717, 1.165) is 12.8 Å². The Kier molecular flexibility index (Phi) is 7.20. The monoisotopic (exact) mass is 409 g/mol. The standard InChI is InChI=1S/C18H20ClN3O4S/c1-2-3-12-20-18(24)22-27(25,26)14-10-8-13(9-11-14)21-17(23)15-6-4-5-7-16(15)19/h4-11H,2-3,12H2,1H3,(H,21,23)(H2,20,22,24). The molecule has 0 fully saturated rings. The molecule has 0 atom stereocenters. The predicted octanol–water partition coefficient (Wildman–Crippen LogP) is 3.38. The number of rotatable bonds is 7. The zero-order valence-electron chi connectivity index (χ0n) is 14.7. The van der Waals surface area contributed by atoms with E-state index in [2.05, 4.69) is 10.6 Å². The van der Waals surface area contributed by atoms with Crippen molar-refractivity contribution in [3.8, 4) is 0 Å². The smallest absolute Gasteiger partial charge is 0.328 e. The van der Waals surface area contributed by atoms with Gasteiger partial charge in [0.15, 0.2) is 0 Å². The highest BCUT2D eigenvalue weighted by atomic mass is 35.5. The van der Waals surface area contributed by atoms with Crippen molar-refractivity contribution in [3.63, 3.8) is 0 Å². The number of carbonyl (C=O) groups excluding carboxylic acids is 2. The summed E-state index contributed by atoms with van der Waals surface area (Å²) >= 11 is 5.98. The maximum Gasteiger partial charge on any atom is 0.328 e. The Morgan fingerprint density at radius 3 is 2.33 bits per heavy atom. The molecule has 0 aliphatic heterocycles. The summed E-state index contributed by atoms with van der Waals surface area (Å²) < 4.78 is 26.3. The molecule has 144 valence electrons. The molecule has 0 aliphatic rings. The molecule has 9 heteroatoms. The lowest BCUT2D eigenvalue weighted by Crippen LogP contribution is -2.39. The van der Waals surface area contributed by atoms with E-state index in [-0.39, 0.29) is 4.90 Å². The minimum Gasteiger partial charge on any atom is -0.337 e. The van der Waals surface area contributed by atoms with Gasteiger partial charge in [0.1, 0.15) is 0 Å². The number of unbranched alkanes of at least 4 members (excludes halogenated alkanes) is 1. The van der Waals surface area contributed by atoms with Crippen molar-refractivity contribution in [1.29, 1.82) is 0 Å². The third-order valence-electron chi connectivity index (χ3n) is 3.58. The predicted molar refractivity (Wildman–Crippen MR) is 104 cm³/mol. The summed E-state index contributed by atoms with van der Waals surface area (Å²) in [5.41, 5.74) is 0.701. The number of anilines is 1. The van der Waals surface area contributed by atoms with Crippen LogP contribution in [-0.4, -0.2) is 26.9 Å². The SMILES string of the molecule is CCCCNC(=O)NS(=O)(=O)c1ccc(NC(=O)c2ccccc2Cl)cc1. The molecule has 0 spiro atoms. The average Bonchev–Trinajstić information content (AvgIpc) is 2.62. The largest absolute Gasteiger partial charge is 0.337 e. The van der Waals surface area contributed by atoms with E-state index in [0.29, 0.717) is 22.8 Å². The van der Waals surface area contributed by atoms with Crippen LogP contribution in [-0.2, 0) is 10.0 Å². The highest BCUT2D eigenvalue weighted by molar-refractivity contribution is 7.90. The summed E-state index contributed by atoms with van der Waals surface area (Å²) in [5.74, 6) is -0.412. The molecule has 3 N–H and O–H groups in total. The van der Waals surface area contributed by atoms with E-state index in [9.17, 15) is 18.0 Å². The van der Waals surface area contributed by atoms with Gasteiger partial charge in [0, 0.05) is 12.2 Å². The molecule has 0 aromatic heterocycles. The van der Waals surface area contributed by atoms with Crippen LogP contribution in [0.2, 0.25) is 5.02 Å². The van der Waals surface area contributed by atoms with Crippen LogP contribution >= 0.6 is 11.6 Å². The lowest BCUT2D eigenvalue weighted by Gasteiger charge is -2.10. The fraction of sp³-hybridized carbons (Fsp3) is 0.222. The average molecular weight is 410 g/mol. The molecule has 0 saturated carbocycles. The Balaban J connectivity index is 2.02. The number of amides is 3. The minimum absolute atomic E-state index is 0.0936. The Bertz CT molecular complexity index is 914. The molecule has 27 heavy (non-hydrogen) atoms. The van der Waals surface area contributed by atoms with Gasteiger partial charge in [-0.15, -0.1) is 0 Å². The lowest BCUT2D eigenvalue weighted by atomic mass is 10.2. The maximum absolute atomic E-state index is 12.2. The number of nitrogens with one attached hydrogen (secondary N) is 3. The number of sulfonamides is 1. The number of benzene rings is 2. The molecular weight excluding hydrogens is 390 g/mol. The van der Waals surface area contributed by atoms with Crippen LogP contribution in [0.1, 0.15) is 30.1 Å². The van der Waals surface area contributed by atoms with Crippen LogP contribution in [0.15, 0.2) is 53.4 Å². The molecule has 7 nitrogen and oxygen atoms in total. The first-order valence-corrected chi connectivity index (χ1v) is 10.2. The van der Waals surface area contributed by atoms with Gasteiger partial charge in [-0.2, -0.15) is 0 Å². The summed E-state index contributed by atoms with van der Waals surface area (Å²) in [6.07, 6.45) is 1.64. The van der Waals surface area contributed by atoms with Crippen molar-refractivity contribution < 1.29 is 18.0 Å². The van der Waals surface area contributed by atoms with Gasteiger partial charge < -0.3 is 10.6 Å². The number of urea groups is 1. The molecule has 2 rings (SSSR count). The Hall–Kier alpha value is -2.58. The van der Waals surface area contributed by atoms with Gasteiger partial charge in [0.25, 0.3) is 15.9 Å². The number of halogens is 1. The normalized spacial score (nSPS) is 10.9. The first-order valence-electron chi connectivity index (χ1n) is 8.30. The van der Waals surface area contributed by atoms with Crippen molar-refractivity contribution in [3.05, 3.63) is 59.1 Å². The summed E-state index contributed by atoms with van der Waals surface area (Å²) in [4.78, 5) is 23.8. The second kappa shape index (κ2) is 9.38. The van der Waals surface area contributed by atoms with Gasteiger partial charge in [-0.3, -0.25) is 4.79 Å². The van der Waals surface area contributed by atoms with Crippen LogP contribution in [0.25, 0.3) is 0 Å². The quantitative estimate of drug-likeness (QED) is 0.609. The van der Waals surface area contributed by atoms with Gasteiger partial charge >= 0.3 is 6.03 Å². The second-order valence-electron chi connectivity index (χ2n) is 5.67. The van der Waals surface area contributed by atoms with Crippen molar-refractivity contribution in [2.45, 2.75) is 24.7 Å². The minimum atomic E-state index is -4.00. The highest BCUT2D eigenvalue weighted by Gasteiger charge is 2.17. The Labute approximate surface area is 163 Å². The molecule has 2 aromatic carbocycles. The number of carbonyl (C=O) groups is 2. The van der Waals surface area contributed by atoms with Crippen molar-refractivity contribution in [2.24, 2.45) is 0 Å². The van der Waals surface area contributed by atoms with Gasteiger partial charge in [-0.1, -0.05) is 37.1 Å². The third kappa shape index (κ3) is 5.97. The number of hydrogen-bond donors (Lipinski definition) is 3. The fourth-order valence-electron chi connectivity index (χ4n) is 2.16. The number of hydrogen-bond acceptors (Lipinski definition) is 4. The summed E-state index contributed by atoms with van der Waals surface area (Å²) in [5, 5.41) is 5.42. The lowest BCUT2D eigenvalue weighted by molar-refractivity contribution is 0.102. The molecule has 3 amide bonds. The molecule has 0 aliphatic carbocycles. The van der Waals surface area contributed by atoms with Gasteiger partial charge in [0.05, 0.1) is 15.5 Å². The summed E-state index contributed by atoms with van der Waals surface area (Å²) in [6, 6.07) is 11.3. The first-order chi connectivity index (χ1) is 12.8. The Morgan fingerprint density at radius 1 is 1.04 bits per heavy atom. The maximum atomic E-state index is 12.2. The van der Waals surface area contributed by atoms with Gasteiger partial charge in [0.2, 0.25) is 0 Å². The van der Waals surface area contributed by atoms with Crippen LogP contribution < -0.4 is 15.4 Å². The molecule has 0 bridgehead atoms. The van der Waals surface area contributed by atoms with Gasteiger partial charge in [-0.25, -0.2) is 17.9 Å². The zero-order valence-corrected chi connectivity index (χ0v) is 16.2. The van der Waals surface area contributed by atoms with Crippen LogP contribution in [0.5, 0.6) is 0 Å². The highest BCUT2D eigenvalue weighted by Crippen LogP contribution is 2.18. The van der Waals surface area contributed by atoms with Gasteiger partial charge in [-0.05, 0) is 42.8 Å². The topological polar surface area (TPSA) is 104 Å². The van der Waals surface area contributed by atoms with E-state index < -0.39 is 22.0 Å². The van der Waals surface area contributed by atoms with E-state index in [1.807, 2.05) is 11.6 Å². The summed E-state index contributed by atoms with van der Waals surface area (Å²) in [7, 11) is -4.00. The van der Waals surface area contributed by atoms with Crippen LogP contribution in [0.3, 0.4) is 0 Å². The molecule has 0 radical (unpaired) electrons. The molecule has 0 unspecified atom stereocenters. The van der Waals surface area contributed by atoms with Crippen LogP contribution in [0.4, 0.5) is 10.5 Å². The van der Waals surface area contributed by atoms with E-state index in [1.165, 1.54) is 24.3 Å². The molecule has 2 aromatic rings.